The molecule has 0 spiro atoms. The topological polar surface area (TPSA) is 89.4 Å². The first-order valence-electron chi connectivity index (χ1n) is 0.836. The van der Waals surface area contributed by atoms with Crippen LogP contribution in [0.4, 0.5) is 0 Å². The van der Waals surface area contributed by atoms with Gasteiger partial charge in [0.15, 0.2) is 0 Å². The Bertz CT molecular complexity index is 27.2. The molecule has 0 aromatic heterocycles. The zero-order chi connectivity index (χ0) is 4.50. The van der Waals surface area contributed by atoms with Gasteiger partial charge in [-0.2, -0.15) is 0 Å². The normalized spacial score (nSPS) is 8.57. The summed E-state index contributed by atoms with van der Waals surface area (Å²) in [4.78, 5) is 33.1. The van der Waals surface area contributed by atoms with Crippen molar-refractivity contribution in [2.75, 3.05) is 0 Å². The Morgan fingerprint density at radius 2 is 1.14 bits per heavy atom. The molecule has 0 amide bonds. The maximum absolute atomic E-state index is 8.69. The van der Waals surface area contributed by atoms with Gasteiger partial charge < -0.3 is 19.2 Å². The summed E-state index contributed by atoms with van der Waals surface area (Å²) in [6, 6.07) is 0. The Balaban J connectivity index is -0.0000000800. The van der Waals surface area contributed by atoms with E-state index in [4.69, 9.17) is 19.2 Å². The molecule has 0 unspecified atom stereocenters. The quantitative estimate of drug-likeness (QED) is 0.389. The second kappa shape index (κ2) is 6.33. The Hall–Kier alpha value is 2.21. The van der Waals surface area contributed by atoms with Gasteiger partial charge in [0.25, 0.3) is 0 Å². The van der Waals surface area contributed by atoms with E-state index < -0.39 is 9.05 Å². The summed E-state index contributed by atoms with van der Waals surface area (Å²) in [6.45, 7) is 0. The molecule has 0 rings (SSSR count). The van der Waals surface area contributed by atoms with Crippen LogP contribution in [-0.2, 0) is 17.1 Å². The average Bonchev–Trinajstić information content (AvgIpc) is 0.722. The van der Waals surface area contributed by atoms with Crippen molar-refractivity contribution >= 4 is 9.05 Å². The summed E-state index contributed by atoms with van der Waals surface area (Å²) < 4.78 is 0. The SMILES string of the molecule is [Cu+2].[K+].[O-][Si]([O-])([O-])O. The van der Waals surface area contributed by atoms with Crippen LogP contribution in [0, 0.1) is 0 Å². The molecule has 1 N–H and O–H groups in total. The van der Waals surface area contributed by atoms with Crippen molar-refractivity contribution in [3.05, 3.63) is 0 Å². The molecule has 0 fully saturated rings. The molecular weight excluding hydrogens is 195 g/mol. The van der Waals surface area contributed by atoms with Crippen molar-refractivity contribution in [3.8, 4) is 0 Å². The molecule has 0 saturated heterocycles. The van der Waals surface area contributed by atoms with Crippen LogP contribution in [-0.4, -0.2) is 13.8 Å². The zero-order valence-corrected chi connectivity index (χ0v) is 8.54. The van der Waals surface area contributed by atoms with Crippen LogP contribution in [0.1, 0.15) is 0 Å². The summed E-state index contributed by atoms with van der Waals surface area (Å²) in [7, 11) is -5.36. The smallest absolute Gasteiger partial charge is 0.861 e. The van der Waals surface area contributed by atoms with E-state index in [9.17, 15) is 0 Å². The first-order valence-corrected chi connectivity index (χ1v) is 2.51. The van der Waals surface area contributed by atoms with Crippen LogP contribution in [0.15, 0.2) is 0 Å². The second-order valence-electron chi connectivity index (χ2n) is 0.524. The van der Waals surface area contributed by atoms with Crippen LogP contribution >= 0.6 is 0 Å². The van der Waals surface area contributed by atoms with Gasteiger partial charge in [0.05, 0.1) is 0 Å². The zero-order valence-electron chi connectivity index (χ0n) is 3.47. The van der Waals surface area contributed by atoms with Gasteiger partial charge in [-0.1, -0.05) is 0 Å². The van der Waals surface area contributed by atoms with Crippen molar-refractivity contribution in [2.24, 2.45) is 0 Å². The van der Waals surface area contributed by atoms with Crippen molar-refractivity contribution in [3.63, 3.8) is 0 Å². The molecule has 0 aliphatic heterocycles. The third kappa shape index (κ3) is 64.7. The maximum atomic E-state index is 8.69. The fourth-order valence-electron chi connectivity index (χ4n) is 0. The summed E-state index contributed by atoms with van der Waals surface area (Å²) >= 11 is 0. The van der Waals surface area contributed by atoms with Crippen LogP contribution in [0.25, 0.3) is 0 Å². The van der Waals surface area contributed by atoms with E-state index >= 15 is 0 Å². The van der Waals surface area contributed by atoms with E-state index in [0.717, 1.165) is 0 Å². The molecule has 1 radical (unpaired) electrons. The molecule has 7 heavy (non-hydrogen) atoms. The fraction of sp³-hybridized carbons (Fsp3) is 0. The number of hydrogen-bond acceptors (Lipinski definition) is 4. The van der Waals surface area contributed by atoms with Gasteiger partial charge in [-0.05, 0) is 0 Å². The van der Waals surface area contributed by atoms with Crippen LogP contribution in [0.3, 0.4) is 0 Å². The van der Waals surface area contributed by atoms with Crippen molar-refractivity contribution in [1.82, 2.24) is 0 Å². The molecule has 0 aromatic rings. The van der Waals surface area contributed by atoms with Gasteiger partial charge in [0.2, 0.25) is 0 Å². The molecule has 0 aromatic carbocycles. The van der Waals surface area contributed by atoms with E-state index in [2.05, 4.69) is 0 Å². The molecular formula is HCuKO4Si. The molecule has 0 aliphatic carbocycles. The third-order valence-corrected chi connectivity index (χ3v) is 0. The second-order valence-corrected chi connectivity index (χ2v) is 1.57. The van der Waals surface area contributed by atoms with Gasteiger partial charge in [-0.25, -0.2) is 0 Å². The Kier molecular flexibility index (Phi) is 14.6. The van der Waals surface area contributed by atoms with Crippen LogP contribution in [0.5, 0.6) is 0 Å². The van der Waals surface area contributed by atoms with Crippen molar-refractivity contribution < 1.29 is 87.6 Å². The first kappa shape index (κ1) is 16.1. The third-order valence-electron chi connectivity index (χ3n) is 0. The fourth-order valence-corrected chi connectivity index (χ4v) is 0. The largest absolute Gasteiger partial charge is 2.00 e. The minimum Gasteiger partial charge on any atom is -0.861 e. The van der Waals surface area contributed by atoms with Gasteiger partial charge in [-0.15, -0.1) is 9.05 Å². The summed E-state index contributed by atoms with van der Waals surface area (Å²) in [5, 5.41) is 0. The van der Waals surface area contributed by atoms with E-state index in [1.165, 1.54) is 0 Å². The predicted molar refractivity (Wildman–Crippen MR) is 7.97 cm³/mol. The van der Waals surface area contributed by atoms with Gasteiger partial charge in [0.1, 0.15) is 0 Å². The molecule has 0 atom stereocenters. The maximum Gasteiger partial charge on any atom is 2.00 e. The van der Waals surface area contributed by atoms with Gasteiger partial charge in [0, 0.05) is 0 Å². The predicted octanol–water partition coefficient (Wildman–Crippen LogP) is -7.50. The Labute approximate surface area is 94.9 Å². The molecule has 0 heterocycles. The van der Waals surface area contributed by atoms with Gasteiger partial charge in [-0.3, -0.25) is 0 Å². The van der Waals surface area contributed by atoms with E-state index in [1.54, 1.807) is 0 Å². The van der Waals surface area contributed by atoms with Crippen LogP contribution < -0.4 is 65.8 Å². The van der Waals surface area contributed by atoms with Crippen molar-refractivity contribution in [2.45, 2.75) is 0 Å². The Morgan fingerprint density at radius 1 is 1.14 bits per heavy atom. The Morgan fingerprint density at radius 3 is 1.14 bits per heavy atom. The van der Waals surface area contributed by atoms with E-state index in [0.29, 0.717) is 0 Å². The van der Waals surface area contributed by atoms with E-state index in [1.807, 2.05) is 0 Å². The minimum atomic E-state index is -5.36. The average molecular weight is 196 g/mol. The first-order chi connectivity index (χ1) is 2.00. The minimum absolute atomic E-state index is 0. The molecule has 7 heteroatoms. The van der Waals surface area contributed by atoms with Crippen molar-refractivity contribution in [1.29, 1.82) is 0 Å². The van der Waals surface area contributed by atoms with Gasteiger partial charge >= 0.3 is 68.5 Å². The summed E-state index contributed by atoms with van der Waals surface area (Å²) in [5.41, 5.74) is 0. The summed E-state index contributed by atoms with van der Waals surface area (Å²) in [6.07, 6.45) is 0. The monoisotopic (exact) mass is 195 g/mol. The summed E-state index contributed by atoms with van der Waals surface area (Å²) in [5.74, 6) is 0. The molecule has 0 saturated carbocycles. The van der Waals surface area contributed by atoms with Crippen LogP contribution in [0.2, 0.25) is 0 Å². The molecule has 4 nitrogen and oxygen atoms in total. The number of hydrogen-bond donors (Lipinski definition) is 1. The molecule has 41 valence electrons. The molecule has 0 aliphatic rings. The molecule has 0 bridgehead atoms. The van der Waals surface area contributed by atoms with E-state index in [-0.39, 0.29) is 68.5 Å². The standard InChI is InChI=1S/Cu.K.HO4Si/c;;1-5(2,3)4/h;;1H/q+2;+1;-3. The number of rotatable bonds is 0.